The summed E-state index contributed by atoms with van der Waals surface area (Å²) in [7, 11) is 1.55. The maximum Gasteiger partial charge on any atom is 0.240 e. The van der Waals surface area contributed by atoms with Gasteiger partial charge in [-0.05, 0) is 38.0 Å². The molecule has 6 nitrogen and oxygen atoms in total. The first-order valence-corrected chi connectivity index (χ1v) is 7.72. The van der Waals surface area contributed by atoms with Gasteiger partial charge in [0.25, 0.3) is 0 Å². The summed E-state index contributed by atoms with van der Waals surface area (Å²) in [5, 5.41) is 6.74. The summed E-state index contributed by atoms with van der Waals surface area (Å²) in [6.45, 7) is 5.66. The molecule has 0 radical (unpaired) electrons. The molecule has 23 heavy (non-hydrogen) atoms. The van der Waals surface area contributed by atoms with E-state index in [2.05, 4.69) is 15.8 Å². The smallest absolute Gasteiger partial charge is 0.240 e. The Morgan fingerprint density at radius 1 is 1.26 bits per heavy atom. The number of unbranched alkanes of at least 4 members (excludes halogenated alkanes) is 1. The van der Waals surface area contributed by atoms with E-state index >= 15 is 0 Å². The molecule has 0 aliphatic carbocycles. The van der Waals surface area contributed by atoms with Crippen molar-refractivity contribution in [1.29, 1.82) is 0 Å². The van der Waals surface area contributed by atoms with E-state index in [1.165, 1.54) is 0 Å². The number of carbonyl (C=O) groups is 2. The molecule has 0 heterocycles. The molecule has 0 atom stereocenters. The van der Waals surface area contributed by atoms with Crippen LogP contribution in [0.1, 0.15) is 45.1 Å². The van der Waals surface area contributed by atoms with Crippen molar-refractivity contribution in [3.05, 3.63) is 23.8 Å². The van der Waals surface area contributed by atoms with E-state index in [-0.39, 0.29) is 18.2 Å². The first-order valence-electron chi connectivity index (χ1n) is 7.72. The van der Waals surface area contributed by atoms with Gasteiger partial charge >= 0.3 is 0 Å². The second-order valence-corrected chi connectivity index (χ2v) is 5.41. The second kappa shape index (κ2) is 9.61. The standard InChI is InChI=1S/C17H25N3O3/c1-5-6-7-16(21)20-19-13(3)11-17(22)18-14-10-12(2)8-9-15(14)23-4/h8-10H,5-7,11H2,1-4H3,(H,18,22)(H,20,21). The van der Waals surface area contributed by atoms with Gasteiger partial charge in [-0.1, -0.05) is 19.4 Å². The summed E-state index contributed by atoms with van der Waals surface area (Å²) in [5.41, 5.74) is 4.65. The number of hydrogen-bond acceptors (Lipinski definition) is 4. The van der Waals surface area contributed by atoms with Gasteiger partial charge in [0, 0.05) is 12.1 Å². The third-order valence-electron chi connectivity index (χ3n) is 3.17. The van der Waals surface area contributed by atoms with Crippen molar-refractivity contribution in [2.24, 2.45) is 5.10 Å². The molecule has 2 N–H and O–H groups in total. The SMILES string of the molecule is CCCCC(=O)NN=C(C)CC(=O)Nc1cc(C)ccc1OC. The molecule has 0 aliphatic rings. The van der Waals surface area contributed by atoms with E-state index in [1.807, 2.05) is 26.0 Å². The van der Waals surface area contributed by atoms with Crippen LogP contribution in [0.15, 0.2) is 23.3 Å². The summed E-state index contributed by atoms with van der Waals surface area (Å²) < 4.78 is 5.22. The number of rotatable bonds is 8. The summed E-state index contributed by atoms with van der Waals surface area (Å²) >= 11 is 0. The van der Waals surface area contributed by atoms with Crippen LogP contribution in [0.25, 0.3) is 0 Å². The van der Waals surface area contributed by atoms with E-state index in [0.29, 0.717) is 23.6 Å². The van der Waals surface area contributed by atoms with Gasteiger partial charge in [0.2, 0.25) is 11.8 Å². The van der Waals surface area contributed by atoms with Crippen LogP contribution >= 0.6 is 0 Å². The quantitative estimate of drug-likeness (QED) is 0.571. The molecule has 1 rings (SSSR count). The molecule has 0 aromatic heterocycles. The van der Waals surface area contributed by atoms with Crippen molar-refractivity contribution in [2.75, 3.05) is 12.4 Å². The minimum atomic E-state index is -0.210. The number of nitrogens with one attached hydrogen (secondary N) is 2. The fraction of sp³-hybridized carbons (Fsp3) is 0.471. The largest absolute Gasteiger partial charge is 0.495 e. The third-order valence-corrected chi connectivity index (χ3v) is 3.17. The fourth-order valence-electron chi connectivity index (χ4n) is 1.94. The molecule has 0 aliphatic heterocycles. The molecular weight excluding hydrogens is 294 g/mol. The topological polar surface area (TPSA) is 79.8 Å². The zero-order valence-corrected chi connectivity index (χ0v) is 14.2. The number of aryl methyl sites for hydroxylation is 1. The highest BCUT2D eigenvalue weighted by Crippen LogP contribution is 2.25. The zero-order chi connectivity index (χ0) is 17.2. The number of methoxy groups -OCH3 is 1. The van der Waals surface area contributed by atoms with Crippen LogP contribution in [0.4, 0.5) is 5.69 Å². The summed E-state index contributed by atoms with van der Waals surface area (Å²) in [4.78, 5) is 23.5. The number of hydrazone groups is 1. The van der Waals surface area contributed by atoms with E-state index in [0.717, 1.165) is 18.4 Å². The lowest BCUT2D eigenvalue weighted by molar-refractivity contribution is -0.121. The van der Waals surface area contributed by atoms with Crippen molar-refractivity contribution < 1.29 is 14.3 Å². The Labute approximate surface area is 137 Å². The molecule has 0 fully saturated rings. The molecular formula is C17H25N3O3. The molecule has 1 aromatic carbocycles. The van der Waals surface area contributed by atoms with Crippen molar-refractivity contribution >= 4 is 23.2 Å². The average molecular weight is 319 g/mol. The molecule has 0 bridgehead atoms. The average Bonchev–Trinajstić information content (AvgIpc) is 2.51. The van der Waals surface area contributed by atoms with E-state index < -0.39 is 0 Å². The van der Waals surface area contributed by atoms with Gasteiger partial charge in [-0.2, -0.15) is 5.10 Å². The molecule has 126 valence electrons. The normalized spacial score (nSPS) is 11.0. The van der Waals surface area contributed by atoms with Crippen LogP contribution in [-0.2, 0) is 9.59 Å². The highest BCUT2D eigenvalue weighted by molar-refractivity contribution is 6.06. The Morgan fingerprint density at radius 2 is 2.00 bits per heavy atom. The van der Waals surface area contributed by atoms with Crippen LogP contribution in [0.2, 0.25) is 0 Å². The number of carbonyl (C=O) groups excluding carboxylic acids is 2. The number of amides is 2. The second-order valence-electron chi connectivity index (χ2n) is 5.41. The Kier molecular flexibility index (Phi) is 7.80. The Hall–Kier alpha value is -2.37. The van der Waals surface area contributed by atoms with Crippen LogP contribution in [0.3, 0.4) is 0 Å². The minimum absolute atomic E-state index is 0.102. The maximum atomic E-state index is 12.1. The van der Waals surface area contributed by atoms with E-state index in [1.54, 1.807) is 20.1 Å². The number of hydrogen-bond donors (Lipinski definition) is 2. The lowest BCUT2D eigenvalue weighted by Gasteiger charge is -2.11. The first kappa shape index (κ1) is 18.7. The maximum absolute atomic E-state index is 12.1. The first-order chi connectivity index (χ1) is 11.0. The van der Waals surface area contributed by atoms with Crippen molar-refractivity contribution in [3.8, 4) is 5.75 Å². The summed E-state index contributed by atoms with van der Waals surface area (Å²) in [5.74, 6) is 0.260. The van der Waals surface area contributed by atoms with Crippen LogP contribution in [0, 0.1) is 6.92 Å². The predicted octanol–water partition coefficient (Wildman–Crippen LogP) is 3.01. The predicted molar refractivity (Wildman–Crippen MR) is 91.8 cm³/mol. The molecule has 0 unspecified atom stereocenters. The van der Waals surface area contributed by atoms with E-state index in [4.69, 9.17) is 4.74 Å². The van der Waals surface area contributed by atoms with Gasteiger partial charge < -0.3 is 10.1 Å². The lowest BCUT2D eigenvalue weighted by Crippen LogP contribution is -2.21. The highest BCUT2D eigenvalue weighted by atomic mass is 16.5. The van der Waals surface area contributed by atoms with Crippen molar-refractivity contribution in [2.45, 2.75) is 46.5 Å². The van der Waals surface area contributed by atoms with E-state index in [9.17, 15) is 9.59 Å². The highest BCUT2D eigenvalue weighted by Gasteiger charge is 2.09. The van der Waals surface area contributed by atoms with Gasteiger partial charge in [0.05, 0.1) is 19.2 Å². The molecule has 0 saturated carbocycles. The molecule has 2 amide bonds. The van der Waals surface area contributed by atoms with Crippen LogP contribution in [0.5, 0.6) is 5.75 Å². The van der Waals surface area contributed by atoms with Gasteiger partial charge in [-0.3, -0.25) is 9.59 Å². The monoisotopic (exact) mass is 319 g/mol. The number of anilines is 1. The molecule has 0 spiro atoms. The third kappa shape index (κ3) is 6.95. The summed E-state index contributed by atoms with van der Waals surface area (Å²) in [6, 6.07) is 5.56. The van der Waals surface area contributed by atoms with Crippen LogP contribution in [-0.4, -0.2) is 24.6 Å². The van der Waals surface area contributed by atoms with Gasteiger partial charge in [0.15, 0.2) is 0 Å². The Morgan fingerprint density at radius 3 is 2.65 bits per heavy atom. The Balaban J connectivity index is 2.56. The van der Waals surface area contributed by atoms with Gasteiger partial charge in [0.1, 0.15) is 5.75 Å². The minimum Gasteiger partial charge on any atom is -0.495 e. The molecule has 6 heteroatoms. The molecule has 1 aromatic rings. The fourth-order valence-corrected chi connectivity index (χ4v) is 1.94. The molecule has 0 saturated heterocycles. The van der Waals surface area contributed by atoms with Crippen LogP contribution < -0.4 is 15.5 Å². The number of benzene rings is 1. The van der Waals surface area contributed by atoms with Crippen molar-refractivity contribution in [1.82, 2.24) is 5.43 Å². The lowest BCUT2D eigenvalue weighted by atomic mass is 10.2. The number of nitrogens with zero attached hydrogens (tertiary/aromatic N) is 1. The summed E-state index contributed by atoms with van der Waals surface area (Å²) in [6.07, 6.45) is 2.33. The van der Waals surface area contributed by atoms with Gasteiger partial charge in [-0.25, -0.2) is 5.43 Å². The Bertz CT molecular complexity index is 582. The van der Waals surface area contributed by atoms with Gasteiger partial charge in [-0.15, -0.1) is 0 Å². The zero-order valence-electron chi connectivity index (χ0n) is 14.2. The van der Waals surface area contributed by atoms with Crippen molar-refractivity contribution in [3.63, 3.8) is 0 Å². The number of ether oxygens (including phenoxy) is 1.